The van der Waals surface area contributed by atoms with Crippen molar-refractivity contribution in [3.05, 3.63) is 28.8 Å². The minimum Gasteiger partial charge on any atom is -0.340 e. The molecule has 27 heavy (non-hydrogen) atoms. The fraction of sp³-hybridized carbons (Fsp3) is 0.556. The molecule has 2 aliphatic rings. The van der Waals surface area contributed by atoms with Crippen molar-refractivity contribution in [1.82, 2.24) is 9.80 Å². The van der Waals surface area contributed by atoms with Crippen LogP contribution in [0.25, 0.3) is 0 Å². The highest BCUT2D eigenvalue weighted by Gasteiger charge is 2.37. The number of carbonyl (C=O) groups is 2. The molecule has 5 nitrogen and oxygen atoms in total. The van der Waals surface area contributed by atoms with Crippen LogP contribution in [-0.4, -0.2) is 53.8 Å². The molecule has 0 bridgehead atoms. The average Bonchev–Trinajstić information content (AvgIpc) is 3.46. The number of nitrogens with one attached hydrogen (secondary N) is 1. The molecule has 9 heteroatoms. The summed E-state index contributed by atoms with van der Waals surface area (Å²) in [6, 6.07) is 2.64. The highest BCUT2D eigenvalue weighted by molar-refractivity contribution is 6.30. The van der Waals surface area contributed by atoms with Gasteiger partial charge < -0.3 is 10.2 Å². The maximum absolute atomic E-state index is 13.2. The number of hydrogen-bond donors (Lipinski definition) is 1. The molecule has 2 fully saturated rings. The van der Waals surface area contributed by atoms with Gasteiger partial charge in [0.05, 0.1) is 17.3 Å². The molecule has 0 spiro atoms. The third-order valence-electron chi connectivity index (χ3n) is 5.02. The Bertz CT molecular complexity index is 729. The zero-order valence-electron chi connectivity index (χ0n) is 14.9. The van der Waals surface area contributed by atoms with Gasteiger partial charge in [-0.05, 0) is 38.0 Å². The van der Waals surface area contributed by atoms with E-state index in [0.717, 1.165) is 25.0 Å². The number of amides is 2. The van der Waals surface area contributed by atoms with Gasteiger partial charge in [-0.15, -0.1) is 0 Å². The van der Waals surface area contributed by atoms with Crippen LogP contribution < -0.4 is 5.32 Å². The van der Waals surface area contributed by atoms with Gasteiger partial charge >= 0.3 is 6.18 Å². The molecule has 1 heterocycles. The van der Waals surface area contributed by atoms with E-state index in [9.17, 15) is 22.8 Å². The molecule has 1 aromatic rings. The summed E-state index contributed by atoms with van der Waals surface area (Å²) in [5.41, 5.74) is -1.29. The fourth-order valence-electron chi connectivity index (χ4n) is 3.18. The smallest absolute Gasteiger partial charge is 0.340 e. The van der Waals surface area contributed by atoms with Crippen molar-refractivity contribution < 1.29 is 22.8 Å². The predicted molar refractivity (Wildman–Crippen MR) is 95.4 cm³/mol. The highest BCUT2D eigenvalue weighted by Crippen LogP contribution is 2.36. The van der Waals surface area contributed by atoms with Crippen molar-refractivity contribution in [3.8, 4) is 0 Å². The van der Waals surface area contributed by atoms with Crippen LogP contribution >= 0.6 is 11.6 Å². The lowest BCUT2D eigenvalue weighted by molar-refractivity contribution is -0.137. The largest absolute Gasteiger partial charge is 0.418 e. The summed E-state index contributed by atoms with van der Waals surface area (Å²) in [5, 5.41) is 2.31. The van der Waals surface area contributed by atoms with E-state index in [4.69, 9.17) is 11.6 Å². The van der Waals surface area contributed by atoms with Gasteiger partial charge in [-0.3, -0.25) is 14.5 Å². The molecule has 3 rings (SSSR count). The zero-order valence-corrected chi connectivity index (χ0v) is 15.6. The average molecular weight is 404 g/mol. The topological polar surface area (TPSA) is 52.7 Å². The number of nitrogens with zero attached hydrogens (tertiary/aromatic N) is 2. The second-order valence-electron chi connectivity index (χ2n) is 6.99. The Morgan fingerprint density at radius 2 is 1.81 bits per heavy atom. The Labute approximate surface area is 160 Å². The quantitative estimate of drug-likeness (QED) is 0.839. The lowest BCUT2D eigenvalue weighted by Gasteiger charge is -2.37. The van der Waals surface area contributed by atoms with Crippen LogP contribution in [0.3, 0.4) is 0 Å². The van der Waals surface area contributed by atoms with Gasteiger partial charge in [0, 0.05) is 37.1 Å². The monoisotopic (exact) mass is 403 g/mol. The van der Waals surface area contributed by atoms with Crippen molar-refractivity contribution in [2.75, 3.05) is 31.5 Å². The molecule has 1 aliphatic heterocycles. The van der Waals surface area contributed by atoms with E-state index in [0.29, 0.717) is 26.2 Å². The molecule has 1 aromatic carbocycles. The number of hydrogen-bond acceptors (Lipinski definition) is 3. The Kier molecular flexibility index (Phi) is 5.67. The van der Waals surface area contributed by atoms with Crippen LogP contribution in [0, 0.1) is 5.92 Å². The van der Waals surface area contributed by atoms with E-state index in [1.807, 2.05) is 4.90 Å². The molecule has 1 aliphatic carbocycles. The normalized spacial score (nSPS) is 19.7. The van der Waals surface area contributed by atoms with Crippen LogP contribution in [0.15, 0.2) is 18.2 Å². The minimum atomic E-state index is -4.62. The number of halogens is 4. The predicted octanol–water partition coefficient (Wildman–Crippen LogP) is 3.24. The number of carbonyl (C=O) groups excluding carboxylic acids is 2. The van der Waals surface area contributed by atoms with E-state index in [1.54, 1.807) is 11.8 Å². The summed E-state index contributed by atoms with van der Waals surface area (Å²) in [6.45, 7) is 3.74. The second-order valence-corrected chi connectivity index (χ2v) is 7.42. The van der Waals surface area contributed by atoms with Crippen molar-refractivity contribution in [2.45, 2.75) is 32.0 Å². The van der Waals surface area contributed by atoms with Gasteiger partial charge in [0.1, 0.15) is 0 Å². The molecule has 148 valence electrons. The number of alkyl halides is 3. The van der Waals surface area contributed by atoms with Crippen molar-refractivity contribution in [3.63, 3.8) is 0 Å². The first-order valence-electron chi connectivity index (χ1n) is 8.87. The Balaban J connectivity index is 1.61. The standard InChI is InChI=1S/C18H21ClF3N3O2/c1-11(24-6-8-25(9-7-24)17(27)12-2-3-12)16(26)23-15-5-4-13(19)10-14(15)18(20,21)22/h4-5,10-12H,2-3,6-9H2,1H3,(H,23,26)/t11-/m0/s1. The molecular weight excluding hydrogens is 383 g/mol. The van der Waals surface area contributed by atoms with Crippen molar-refractivity contribution >= 4 is 29.1 Å². The third kappa shape index (κ3) is 4.73. The van der Waals surface area contributed by atoms with Crippen LogP contribution in [-0.2, 0) is 15.8 Å². The van der Waals surface area contributed by atoms with E-state index < -0.39 is 23.7 Å². The first kappa shape index (κ1) is 19.9. The summed E-state index contributed by atoms with van der Waals surface area (Å²) >= 11 is 5.66. The Morgan fingerprint density at radius 3 is 2.37 bits per heavy atom. The van der Waals surface area contributed by atoms with E-state index >= 15 is 0 Å². The van der Waals surface area contributed by atoms with Gasteiger partial charge in [-0.2, -0.15) is 13.2 Å². The molecular formula is C18H21ClF3N3O2. The minimum absolute atomic E-state index is 0.0511. The lowest BCUT2D eigenvalue weighted by Crippen LogP contribution is -2.54. The van der Waals surface area contributed by atoms with E-state index in [2.05, 4.69) is 5.32 Å². The lowest BCUT2D eigenvalue weighted by atomic mass is 10.1. The Hall–Kier alpha value is -1.80. The Morgan fingerprint density at radius 1 is 1.19 bits per heavy atom. The maximum Gasteiger partial charge on any atom is 0.418 e. The van der Waals surface area contributed by atoms with Crippen molar-refractivity contribution in [2.24, 2.45) is 5.92 Å². The van der Waals surface area contributed by atoms with E-state index in [1.165, 1.54) is 6.07 Å². The molecule has 1 saturated heterocycles. The first-order valence-corrected chi connectivity index (χ1v) is 9.25. The van der Waals surface area contributed by atoms with Crippen LogP contribution in [0.4, 0.5) is 18.9 Å². The molecule has 1 saturated carbocycles. The van der Waals surface area contributed by atoms with Crippen LogP contribution in [0.5, 0.6) is 0 Å². The number of benzene rings is 1. The number of anilines is 1. The first-order chi connectivity index (χ1) is 12.7. The van der Waals surface area contributed by atoms with Gasteiger partial charge in [-0.1, -0.05) is 11.6 Å². The molecule has 1 atom stereocenters. The second kappa shape index (κ2) is 7.67. The van der Waals surface area contributed by atoms with Crippen LogP contribution in [0.2, 0.25) is 5.02 Å². The summed E-state index contributed by atoms with van der Waals surface area (Å²) in [4.78, 5) is 28.2. The van der Waals surface area contributed by atoms with Gasteiger partial charge in [-0.25, -0.2) is 0 Å². The summed E-state index contributed by atoms with van der Waals surface area (Å²) in [7, 11) is 0. The number of rotatable bonds is 4. The molecule has 0 unspecified atom stereocenters. The van der Waals surface area contributed by atoms with Gasteiger partial charge in [0.25, 0.3) is 0 Å². The SMILES string of the molecule is C[C@@H](C(=O)Nc1ccc(Cl)cc1C(F)(F)F)N1CCN(C(=O)C2CC2)CC1. The summed E-state index contributed by atoms with van der Waals surface area (Å²) in [6.07, 6.45) is -2.73. The number of piperazine rings is 1. The maximum atomic E-state index is 13.2. The third-order valence-corrected chi connectivity index (χ3v) is 5.26. The fourth-order valence-corrected chi connectivity index (χ4v) is 3.35. The zero-order chi connectivity index (χ0) is 19.8. The molecule has 0 aromatic heterocycles. The summed E-state index contributed by atoms with van der Waals surface area (Å²) in [5.74, 6) is -0.199. The van der Waals surface area contributed by atoms with E-state index in [-0.39, 0.29) is 22.5 Å². The molecule has 2 amide bonds. The van der Waals surface area contributed by atoms with Crippen LogP contribution in [0.1, 0.15) is 25.3 Å². The molecule has 1 N–H and O–H groups in total. The summed E-state index contributed by atoms with van der Waals surface area (Å²) < 4.78 is 39.5. The van der Waals surface area contributed by atoms with Crippen molar-refractivity contribution in [1.29, 1.82) is 0 Å². The molecule has 0 radical (unpaired) electrons. The van der Waals surface area contributed by atoms with Gasteiger partial charge in [0.15, 0.2) is 0 Å². The van der Waals surface area contributed by atoms with Gasteiger partial charge in [0.2, 0.25) is 11.8 Å². The highest BCUT2D eigenvalue weighted by atomic mass is 35.5.